The highest BCUT2D eigenvalue weighted by molar-refractivity contribution is 6.31. The van der Waals surface area contributed by atoms with Crippen LogP contribution in [-0.2, 0) is 5.88 Å². The second kappa shape index (κ2) is 5.36. The van der Waals surface area contributed by atoms with Crippen LogP contribution in [0.2, 0.25) is 5.02 Å². The van der Waals surface area contributed by atoms with Gasteiger partial charge in [-0.3, -0.25) is 4.57 Å². The highest BCUT2D eigenvalue weighted by Crippen LogP contribution is 2.27. The highest BCUT2D eigenvalue weighted by atomic mass is 35.5. The van der Waals surface area contributed by atoms with Crippen LogP contribution in [0.15, 0.2) is 36.4 Å². The van der Waals surface area contributed by atoms with Crippen LogP contribution in [0.5, 0.6) is 0 Å². The largest absolute Gasteiger partial charge is 0.295 e. The Labute approximate surface area is 130 Å². The highest BCUT2D eigenvalue weighted by Gasteiger charge is 2.14. The van der Waals surface area contributed by atoms with E-state index in [-0.39, 0.29) is 10.9 Å². The Morgan fingerprint density at radius 2 is 2.10 bits per heavy atom. The van der Waals surface area contributed by atoms with Gasteiger partial charge in [0.25, 0.3) is 0 Å². The van der Waals surface area contributed by atoms with Crippen molar-refractivity contribution in [1.29, 1.82) is 5.26 Å². The number of halogens is 3. The van der Waals surface area contributed by atoms with Crippen LogP contribution in [0, 0.1) is 17.1 Å². The average molecular weight is 320 g/mol. The number of hydrogen-bond acceptors (Lipinski definition) is 2. The summed E-state index contributed by atoms with van der Waals surface area (Å²) in [6.45, 7) is 0. The first-order valence-corrected chi connectivity index (χ1v) is 6.98. The summed E-state index contributed by atoms with van der Waals surface area (Å²) in [5.41, 5.74) is 2.32. The predicted molar refractivity (Wildman–Crippen MR) is 80.3 cm³/mol. The zero-order chi connectivity index (χ0) is 15.0. The summed E-state index contributed by atoms with van der Waals surface area (Å²) in [5.74, 6) is 0.191. The molecule has 0 amide bonds. The van der Waals surface area contributed by atoms with E-state index in [0.29, 0.717) is 28.1 Å². The zero-order valence-corrected chi connectivity index (χ0v) is 12.2. The van der Waals surface area contributed by atoms with Gasteiger partial charge >= 0.3 is 0 Å². The summed E-state index contributed by atoms with van der Waals surface area (Å²) in [7, 11) is 0. The minimum Gasteiger partial charge on any atom is -0.295 e. The SMILES string of the molecule is N#Cc1cccc(-n2c(CCl)nc3cc(Cl)c(F)cc32)c1. The molecule has 3 nitrogen and oxygen atoms in total. The molecule has 0 fully saturated rings. The molecule has 1 aromatic heterocycles. The van der Waals surface area contributed by atoms with Crippen molar-refractivity contribution >= 4 is 34.2 Å². The summed E-state index contributed by atoms with van der Waals surface area (Å²) in [6.07, 6.45) is 0. The lowest BCUT2D eigenvalue weighted by molar-refractivity contribution is 0.629. The number of rotatable bonds is 2. The lowest BCUT2D eigenvalue weighted by Crippen LogP contribution is -1.99. The number of aromatic nitrogens is 2. The Morgan fingerprint density at radius 1 is 1.29 bits per heavy atom. The van der Waals surface area contributed by atoms with Crippen molar-refractivity contribution in [2.24, 2.45) is 0 Å². The molecule has 0 aliphatic heterocycles. The van der Waals surface area contributed by atoms with Crippen molar-refractivity contribution in [1.82, 2.24) is 9.55 Å². The molecular weight excluding hydrogens is 312 g/mol. The first kappa shape index (κ1) is 13.9. The van der Waals surface area contributed by atoms with Crippen LogP contribution < -0.4 is 0 Å². The number of benzene rings is 2. The molecule has 0 aliphatic carbocycles. The zero-order valence-electron chi connectivity index (χ0n) is 10.6. The van der Waals surface area contributed by atoms with Crippen LogP contribution in [0.25, 0.3) is 16.7 Å². The predicted octanol–water partition coefficient (Wildman–Crippen LogP) is 4.43. The van der Waals surface area contributed by atoms with Gasteiger partial charge in [-0.15, -0.1) is 11.6 Å². The first-order valence-electron chi connectivity index (χ1n) is 6.07. The molecule has 0 radical (unpaired) electrons. The van der Waals surface area contributed by atoms with Gasteiger partial charge in [-0.1, -0.05) is 17.7 Å². The van der Waals surface area contributed by atoms with Crippen molar-refractivity contribution in [3.63, 3.8) is 0 Å². The van der Waals surface area contributed by atoms with E-state index in [1.807, 2.05) is 6.07 Å². The molecule has 0 unspecified atom stereocenters. The Hall–Kier alpha value is -2.09. The summed E-state index contributed by atoms with van der Waals surface area (Å²) < 4.78 is 15.5. The maximum Gasteiger partial charge on any atom is 0.144 e. The van der Waals surface area contributed by atoms with Crippen LogP contribution in [-0.4, -0.2) is 9.55 Å². The smallest absolute Gasteiger partial charge is 0.144 e. The van der Waals surface area contributed by atoms with E-state index in [1.165, 1.54) is 12.1 Å². The van der Waals surface area contributed by atoms with Gasteiger partial charge in [-0.05, 0) is 24.3 Å². The number of nitriles is 1. The Morgan fingerprint density at radius 3 is 2.81 bits per heavy atom. The molecule has 0 aliphatic rings. The van der Waals surface area contributed by atoms with Crippen LogP contribution >= 0.6 is 23.2 Å². The van der Waals surface area contributed by atoms with E-state index in [4.69, 9.17) is 28.5 Å². The molecular formula is C15H8Cl2FN3. The van der Waals surface area contributed by atoms with Gasteiger partial charge in [0.15, 0.2) is 0 Å². The molecule has 104 valence electrons. The molecule has 0 N–H and O–H groups in total. The van der Waals surface area contributed by atoms with Crippen LogP contribution in [0.3, 0.4) is 0 Å². The topological polar surface area (TPSA) is 41.6 Å². The quantitative estimate of drug-likeness (QED) is 0.656. The van der Waals surface area contributed by atoms with Gasteiger partial charge < -0.3 is 0 Å². The van der Waals surface area contributed by atoms with Crippen molar-refractivity contribution in [3.05, 3.63) is 58.6 Å². The monoisotopic (exact) mass is 319 g/mol. The van der Waals surface area contributed by atoms with E-state index in [9.17, 15) is 4.39 Å². The van der Waals surface area contributed by atoms with Crippen molar-refractivity contribution in [2.75, 3.05) is 0 Å². The molecule has 1 heterocycles. The van der Waals surface area contributed by atoms with Crippen LogP contribution in [0.4, 0.5) is 4.39 Å². The molecule has 2 aromatic carbocycles. The van der Waals surface area contributed by atoms with Gasteiger partial charge in [0.2, 0.25) is 0 Å². The lowest BCUT2D eigenvalue weighted by atomic mass is 10.2. The summed E-state index contributed by atoms with van der Waals surface area (Å²) in [6, 6.07) is 11.8. The fraction of sp³-hybridized carbons (Fsp3) is 0.0667. The third-order valence-corrected chi connectivity index (χ3v) is 3.65. The van der Waals surface area contributed by atoms with Gasteiger partial charge in [0.1, 0.15) is 11.6 Å². The normalized spacial score (nSPS) is 10.8. The third kappa shape index (κ3) is 2.35. The van der Waals surface area contributed by atoms with E-state index in [0.717, 1.165) is 0 Å². The maximum atomic E-state index is 13.7. The molecule has 0 atom stereocenters. The summed E-state index contributed by atoms with van der Waals surface area (Å²) in [4.78, 5) is 4.36. The molecule has 3 aromatic rings. The number of hydrogen-bond donors (Lipinski definition) is 0. The lowest BCUT2D eigenvalue weighted by Gasteiger charge is -2.08. The summed E-state index contributed by atoms with van der Waals surface area (Å²) >= 11 is 11.7. The molecule has 0 saturated heterocycles. The van der Waals surface area contributed by atoms with Crippen molar-refractivity contribution < 1.29 is 4.39 Å². The Balaban J connectivity index is 2.34. The van der Waals surface area contributed by atoms with E-state index in [2.05, 4.69) is 11.1 Å². The van der Waals surface area contributed by atoms with Crippen molar-refractivity contribution in [2.45, 2.75) is 5.88 Å². The number of alkyl halides is 1. The Kier molecular flexibility index (Phi) is 3.54. The number of fused-ring (bicyclic) bond motifs is 1. The second-order valence-corrected chi connectivity index (χ2v) is 5.09. The van der Waals surface area contributed by atoms with Crippen molar-refractivity contribution in [3.8, 4) is 11.8 Å². The van der Waals surface area contributed by atoms with Gasteiger partial charge in [0, 0.05) is 11.8 Å². The van der Waals surface area contributed by atoms with Gasteiger partial charge in [-0.25, -0.2) is 9.37 Å². The molecule has 0 spiro atoms. The molecule has 6 heteroatoms. The summed E-state index contributed by atoms with van der Waals surface area (Å²) in [5, 5.41) is 9.01. The fourth-order valence-electron chi connectivity index (χ4n) is 2.21. The van der Waals surface area contributed by atoms with E-state index >= 15 is 0 Å². The first-order chi connectivity index (χ1) is 10.1. The van der Waals surface area contributed by atoms with Crippen LogP contribution in [0.1, 0.15) is 11.4 Å². The third-order valence-electron chi connectivity index (χ3n) is 3.12. The molecule has 0 bridgehead atoms. The molecule has 0 saturated carbocycles. The minimum atomic E-state index is -0.525. The Bertz CT molecular complexity index is 880. The average Bonchev–Trinajstić information content (AvgIpc) is 2.85. The van der Waals surface area contributed by atoms with Gasteiger partial charge in [-0.2, -0.15) is 5.26 Å². The second-order valence-electron chi connectivity index (χ2n) is 4.41. The minimum absolute atomic E-state index is 0.0130. The standard InChI is InChI=1S/C15H8Cl2FN3/c16-7-15-20-13-5-11(17)12(18)6-14(13)21(15)10-3-1-2-9(4-10)8-19/h1-6H,7H2. The molecule has 3 rings (SSSR count). The van der Waals surface area contributed by atoms with E-state index in [1.54, 1.807) is 22.8 Å². The fourth-order valence-corrected chi connectivity index (χ4v) is 2.55. The number of imidazole rings is 1. The van der Waals surface area contributed by atoms with E-state index < -0.39 is 5.82 Å². The molecule has 21 heavy (non-hydrogen) atoms. The maximum absolute atomic E-state index is 13.7. The van der Waals surface area contributed by atoms with Gasteiger partial charge in [0.05, 0.1) is 33.6 Å². The number of nitrogens with zero attached hydrogens (tertiary/aromatic N) is 3.